The Kier molecular flexibility index (Phi) is 4.53. The summed E-state index contributed by atoms with van der Waals surface area (Å²) in [5.74, 6) is 0. The van der Waals surface area contributed by atoms with Gasteiger partial charge in [0.05, 0.1) is 0 Å². The van der Waals surface area contributed by atoms with Crippen LogP contribution >= 0.6 is 0 Å². The van der Waals surface area contributed by atoms with E-state index in [1.165, 1.54) is 16.8 Å². The molecule has 0 aliphatic heterocycles. The molecule has 0 amide bonds. The molecule has 1 unspecified atom stereocenters. The predicted octanol–water partition coefficient (Wildman–Crippen LogP) is 2.61. The molecule has 0 aliphatic rings. The van der Waals surface area contributed by atoms with Crippen molar-refractivity contribution in [3.8, 4) is 0 Å². The van der Waals surface area contributed by atoms with Crippen LogP contribution in [0.5, 0.6) is 0 Å². The van der Waals surface area contributed by atoms with Crippen molar-refractivity contribution >= 4 is 5.69 Å². The van der Waals surface area contributed by atoms with E-state index in [1.54, 1.807) is 0 Å². The van der Waals surface area contributed by atoms with Crippen LogP contribution < -0.4 is 10.6 Å². The minimum atomic E-state index is 0.209. The molecule has 0 bridgehead atoms. The molecular weight excluding hydrogens is 234 g/mol. The Balaban J connectivity index is 2.01. The molecule has 0 radical (unpaired) electrons. The van der Waals surface area contributed by atoms with E-state index in [9.17, 15) is 0 Å². The molecule has 3 heteroatoms. The van der Waals surface area contributed by atoms with E-state index >= 15 is 0 Å². The third-order valence-electron chi connectivity index (χ3n) is 3.10. The van der Waals surface area contributed by atoms with Gasteiger partial charge in [-0.2, -0.15) is 0 Å². The Morgan fingerprint density at radius 2 is 1.68 bits per heavy atom. The van der Waals surface area contributed by atoms with Crippen LogP contribution in [0, 0.1) is 0 Å². The molecule has 19 heavy (non-hydrogen) atoms. The average Bonchev–Trinajstić information content (AvgIpc) is 2.40. The molecule has 0 saturated heterocycles. The number of rotatable bonds is 5. The van der Waals surface area contributed by atoms with Gasteiger partial charge in [-0.15, -0.1) is 0 Å². The predicted molar refractivity (Wildman–Crippen MR) is 80.1 cm³/mol. The van der Waals surface area contributed by atoms with Crippen molar-refractivity contribution in [1.29, 1.82) is 0 Å². The van der Waals surface area contributed by atoms with E-state index in [4.69, 9.17) is 5.73 Å². The SMILES string of the molecule is CC(N)Cc1ccc(N(C)Cc2ccncc2)cc1. The summed E-state index contributed by atoms with van der Waals surface area (Å²) < 4.78 is 0. The lowest BCUT2D eigenvalue weighted by molar-refractivity contribution is 0.738. The van der Waals surface area contributed by atoms with Crippen LogP contribution in [0.3, 0.4) is 0 Å². The van der Waals surface area contributed by atoms with E-state index in [-0.39, 0.29) is 6.04 Å². The molecule has 1 heterocycles. The number of nitrogens with two attached hydrogens (primary N) is 1. The van der Waals surface area contributed by atoms with Crippen molar-refractivity contribution in [1.82, 2.24) is 4.98 Å². The summed E-state index contributed by atoms with van der Waals surface area (Å²) >= 11 is 0. The number of anilines is 1. The molecule has 3 nitrogen and oxygen atoms in total. The Morgan fingerprint density at radius 3 is 2.26 bits per heavy atom. The summed E-state index contributed by atoms with van der Waals surface area (Å²) in [5, 5.41) is 0. The smallest absolute Gasteiger partial charge is 0.0427 e. The van der Waals surface area contributed by atoms with E-state index in [0.29, 0.717) is 0 Å². The van der Waals surface area contributed by atoms with Crippen molar-refractivity contribution in [3.05, 3.63) is 59.9 Å². The first-order valence-corrected chi connectivity index (χ1v) is 6.59. The Labute approximate surface area is 115 Å². The molecule has 2 aromatic rings. The molecule has 0 fully saturated rings. The summed E-state index contributed by atoms with van der Waals surface area (Å²) in [4.78, 5) is 6.26. The summed E-state index contributed by atoms with van der Waals surface area (Å²) in [5.41, 5.74) is 9.57. The first-order valence-electron chi connectivity index (χ1n) is 6.59. The highest BCUT2D eigenvalue weighted by atomic mass is 15.1. The second kappa shape index (κ2) is 6.34. The summed E-state index contributed by atoms with van der Waals surface area (Å²) in [6, 6.07) is 12.9. The maximum atomic E-state index is 5.81. The highest BCUT2D eigenvalue weighted by Gasteiger charge is 2.03. The lowest BCUT2D eigenvalue weighted by Crippen LogP contribution is -2.18. The lowest BCUT2D eigenvalue weighted by atomic mass is 10.1. The van der Waals surface area contributed by atoms with Gasteiger partial charge in [-0.05, 0) is 48.7 Å². The third kappa shape index (κ3) is 4.07. The van der Waals surface area contributed by atoms with E-state index < -0.39 is 0 Å². The Bertz CT molecular complexity index is 491. The first kappa shape index (κ1) is 13.6. The van der Waals surface area contributed by atoms with Crippen molar-refractivity contribution in [2.24, 2.45) is 5.73 Å². The van der Waals surface area contributed by atoms with E-state index in [1.807, 2.05) is 31.5 Å². The number of hydrogen-bond acceptors (Lipinski definition) is 3. The van der Waals surface area contributed by atoms with Gasteiger partial charge >= 0.3 is 0 Å². The van der Waals surface area contributed by atoms with Gasteiger partial charge in [0.25, 0.3) is 0 Å². The largest absolute Gasteiger partial charge is 0.370 e. The fourth-order valence-corrected chi connectivity index (χ4v) is 2.11. The van der Waals surface area contributed by atoms with Crippen LogP contribution in [0.15, 0.2) is 48.8 Å². The monoisotopic (exact) mass is 255 g/mol. The van der Waals surface area contributed by atoms with Gasteiger partial charge in [-0.3, -0.25) is 4.98 Å². The average molecular weight is 255 g/mol. The van der Waals surface area contributed by atoms with Gasteiger partial charge in [0.15, 0.2) is 0 Å². The number of aromatic nitrogens is 1. The summed E-state index contributed by atoms with van der Waals surface area (Å²) in [6.45, 7) is 2.92. The highest BCUT2D eigenvalue weighted by Crippen LogP contribution is 2.16. The molecule has 2 rings (SSSR count). The normalized spacial score (nSPS) is 12.2. The van der Waals surface area contributed by atoms with Gasteiger partial charge in [0.2, 0.25) is 0 Å². The Morgan fingerprint density at radius 1 is 1.05 bits per heavy atom. The zero-order valence-corrected chi connectivity index (χ0v) is 11.6. The van der Waals surface area contributed by atoms with Crippen molar-refractivity contribution < 1.29 is 0 Å². The van der Waals surface area contributed by atoms with Gasteiger partial charge in [-0.1, -0.05) is 12.1 Å². The van der Waals surface area contributed by atoms with Gasteiger partial charge in [0.1, 0.15) is 0 Å². The number of pyridine rings is 1. The van der Waals surface area contributed by atoms with E-state index in [0.717, 1.165) is 13.0 Å². The second-order valence-corrected chi connectivity index (χ2v) is 5.06. The van der Waals surface area contributed by atoms with Gasteiger partial charge < -0.3 is 10.6 Å². The van der Waals surface area contributed by atoms with Crippen LogP contribution in [-0.4, -0.2) is 18.1 Å². The maximum Gasteiger partial charge on any atom is 0.0427 e. The fourth-order valence-electron chi connectivity index (χ4n) is 2.11. The number of nitrogens with zero attached hydrogens (tertiary/aromatic N) is 2. The zero-order valence-electron chi connectivity index (χ0n) is 11.6. The topological polar surface area (TPSA) is 42.1 Å². The van der Waals surface area contributed by atoms with Crippen LogP contribution in [-0.2, 0) is 13.0 Å². The molecule has 1 aromatic carbocycles. The highest BCUT2D eigenvalue weighted by molar-refractivity contribution is 5.47. The molecule has 2 N–H and O–H groups in total. The fraction of sp³-hybridized carbons (Fsp3) is 0.312. The van der Waals surface area contributed by atoms with Crippen molar-refractivity contribution in [2.45, 2.75) is 25.9 Å². The van der Waals surface area contributed by atoms with Crippen LogP contribution in [0.2, 0.25) is 0 Å². The molecule has 0 saturated carbocycles. The molecule has 1 atom stereocenters. The molecule has 1 aromatic heterocycles. The van der Waals surface area contributed by atoms with Crippen LogP contribution in [0.1, 0.15) is 18.1 Å². The molecule has 100 valence electrons. The standard InChI is InChI=1S/C16H21N3/c1-13(17)11-14-3-5-16(6-4-14)19(2)12-15-7-9-18-10-8-15/h3-10,13H,11-12,17H2,1-2H3. The first-order chi connectivity index (χ1) is 9.15. The quantitative estimate of drug-likeness (QED) is 0.893. The van der Waals surface area contributed by atoms with Crippen molar-refractivity contribution in [2.75, 3.05) is 11.9 Å². The minimum Gasteiger partial charge on any atom is -0.370 e. The van der Waals surface area contributed by atoms with Gasteiger partial charge in [-0.25, -0.2) is 0 Å². The summed E-state index contributed by atoms with van der Waals surface area (Å²) in [7, 11) is 2.10. The van der Waals surface area contributed by atoms with Crippen LogP contribution in [0.25, 0.3) is 0 Å². The second-order valence-electron chi connectivity index (χ2n) is 5.06. The van der Waals surface area contributed by atoms with E-state index in [2.05, 4.69) is 41.2 Å². The number of hydrogen-bond donors (Lipinski definition) is 1. The third-order valence-corrected chi connectivity index (χ3v) is 3.10. The molecule has 0 aliphatic carbocycles. The zero-order chi connectivity index (χ0) is 13.7. The Hall–Kier alpha value is -1.87. The maximum absolute atomic E-state index is 5.81. The molecular formula is C16H21N3. The van der Waals surface area contributed by atoms with Gasteiger partial charge in [0, 0.05) is 37.7 Å². The minimum absolute atomic E-state index is 0.209. The van der Waals surface area contributed by atoms with Crippen LogP contribution in [0.4, 0.5) is 5.69 Å². The number of benzene rings is 1. The lowest BCUT2D eigenvalue weighted by Gasteiger charge is -2.19. The summed E-state index contributed by atoms with van der Waals surface area (Å²) in [6.07, 6.45) is 4.58. The molecule has 0 spiro atoms. The van der Waals surface area contributed by atoms with Crippen molar-refractivity contribution in [3.63, 3.8) is 0 Å².